The van der Waals surface area contributed by atoms with Crippen LogP contribution in [0.2, 0.25) is 0 Å². The molecule has 4 nitrogen and oxygen atoms in total. The fourth-order valence-electron chi connectivity index (χ4n) is 2.27. The van der Waals surface area contributed by atoms with Gasteiger partial charge in [0.2, 0.25) is 0 Å². The lowest BCUT2D eigenvalue weighted by Gasteiger charge is -2.37. The maximum absolute atomic E-state index is 11.7. The second-order valence-corrected chi connectivity index (χ2v) is 5.08. The van der Waals surface area contributed by atoms with Crippen molar-refractivity contribution in [1.82, 2.24) is 5.32 Å². The van der Waals surface area contributed by atoms with Gasteiger partial charge in [0.15, 0.2) is 0 Å². The summed E-state index contributed by atoms with van der Waals surface area (Å²) in [5, 5.41) is 3.42. The van der Waals surface area contributed by atoms with Crippen molar-refractivity contribution in [2.24, 2.45) is 0 Å². The Labute approximate surface area is 104 Å². The third kappa shape index (κ3) is 4.64. The van der Waals surface area contributed by atoms with Crippen LogP contribution in [0.3, 0.4) is 0 Å². The van der Waals surface area contributed by atoms with Gasteiger partial charge in [-0.15, -0.1) is 0 Å². The molecule has 0 aliphatic carbocycles. The molecule has 2 unspecified atom stereocenters. The molecule has 0 bridgehead atoms. The first kappa shape index (κ1) is 14.5. The molecule has 0 aromatic rings. The van der Waals surface area contributed by atoms with Gasteiger partial charge in [0.05, 0.1) is 13.7 Å². The third-order valence-corrected chi connectivity index (χ3v) is 3.29. The minimum atomic E-state index is -0.202. The molecule has 100 valence electrons. The van der Waals surface area contributed by atoms with E-state index >= 15 is 0 Å². The molecule has 1 rings (SSSR count). The molecule has 2 atom stereocenters. The first-order valence-electron chi connectivity index (χ1n) is 6.54. The molecule has 1 fully saturated rings. The van der Waals surface area contributed by atoms with E-state index in [-0.39, 0.29) is 17.6 Å². The van der Waals surface area contributed by atoms with Crippen LogP contribution in [0.1, 0.15) is 46.0 Å². The predicted molar refractivity (Wildman–Crippen MR) is 66.9 cm³/mol. The standard InChI is InChI=1S/C13H25NO3/c1-4-5-7-11(12(15)16-3)14-13(2)8-6-9-17-10-13/h11,14H,4-10H2,1-3H3. The summed E-state index contributed by atoms with van der Waals surface area (Å²) >= 11 is 0. The monoisotopic (exact) mass is 243 g/mol. The van der Waals surface area contributed by atoms with Crippen molar-refractivity contribution in [3.63, 3.8) is 0 Å². The summed E-state index contributed by atoms with van der Waals surface area (Å²) in [6.45, 7) is 5.75. The number of ether oxygens (including phenoxy) is 2. The zero-order chi connectivity index (χ0) is 12.7. The van der Waals surface area contributed by atoms with E-state index in [2.05, 4.69) is 19.2 Å². The molecule has 0 spiro atoms. The SMILES string of the molecule is CCCCC(NC1(C)CCCOC1)C(=O)OC. The number of esters is 1. The molecule has 4 heteroatoms. The summed E-state index contributed by atoms with van der Waals surface area (Å²) in [5.41, 5.74) is -0.0924. The molecule has 1 aliphatic heterocycles. The van der Waals surface area contributed by atoms with Crippen LogP contribution < -0.4 is 5.32 Å². The Kier molecular flexibility index (Phi) is 5.92. The lowest BCUT2D eigenvalue weighted by atomic mass is 9.93. The zero-order valence-electron chi connectivity index (χ0n) is 11.3. The van der Waals surface area contributed by atoms with Gasteiger partial charge in [-0.1, -0.05) is 19.8 Å². The summed E-state index contributed by atoms with van der Waals surface area (Å²) in [6.07, 6.45) is 5.04. The third-order valence-electron chi connectivity index (χ3n) is 3.29. The first-order chi connectivity index (χ1) is 8.11. The molecular formula is C13H25NO3. The average Bonchev–Trinajstić information content (AvgIpc) is 2.34. The van der Waals surface area contributed by atoms with Crippen LogP contribution in [-0.2, 0) is 14.3 Å². The summed E-state index contributed by atoms with van der Waals surface area (Å²) in [6, 6.07) is -0.202. The fourth-order valence-corrected chi connectivity index (χ4v) is 2.27. The highest BCUT2D eigenvalue weighted by molar-refractivity contribution is 5.75. The smallest absolute Gasteiger partial charge is 0.322 e. The summed E-state index contributed by atoms with van der Waals surface area (Å²) in [5.74, 6) is -0.162. The number of nitrogens with one attached hydrogen (secondary N) is 1. The van der Waals surface area contributed by atoms with Gasteiger partial charge in [0, 0.05) is 12.1 Å². The Morgan fingerprint density at radius 1 is 1.59 bits per heavy atom. The Morgan fingerprint density at radius 3 is 2.88 bits per heavy atom. The van der Waals surface area contributed by atoms with E-state index in [1.54, 1.807) is 0 Å². The topological polar surface area (TPSA) is 47.6 Å². The summed E-state index contributed by atoms with van der Waals surface area (Å²) in [7, 11) is 1.45. The maximum atomic E-state index is 11.7. The lowest BCUT2D eigenvalue weighted by molar-refractivity contribution is -0.144. The summed E-state index contributed by atoms with van der Waals surface area (Å²) in [4.78, 5) is 11.7. The largest absolute Gasteiger partial charge is 0.468 e. The molecular weight excluding hydrogens is 218 g/mol. The Hall–Kier alpha value is -0.610. The van der Waals surface area contributed by atoms with E-state index in [4.69, 9.17) is 9.47 Å². The summed E-state index contributed by atoms with van der Waals surface area (Å²) < 4.78 is 10.3. The van der Waals surface area contributed by atoms with Crippen molar-refractivity contribution in [2.75, 3.05) is 20.3 Å². The minimum absolute atomic E-state index is 0.0924. The number of carbonyl (C=O) groups excluding carboxylic acids is 1. The Bertz CT molecular complexity index is 237. The molecule has 1 N–H and O–H groups in total. The van der Waals surface area contributed by atoms with E-state index in [1.807, 2.05) is 0 Å². The van der Waals surface area contributed by atoms with E-state index in [0.717, 1.165) is 38.7 Å². The first-order valence-corrected chi connectivity index (χ1v) is 6.54. The van der Waals surface area contributed by atoms with E-state index < -0.39 is 0 Å². The van der Waals surface area contributed by atoms with Crippen LogP contribution in [0.25, 0.3) is 0 Å². The van der Waals surface area contributed by atoms with Crippen molar-refractivity contribution < 1.29 is 14.3 Å². The number of unbranched alkanes of at least 4 members (excludes halogenated alkanes) is 1. The average molecular weight is 243 g/mol. The number of carbonyl (C=O) groups is 1. The van der Waals surface area contributed by atoms with Crippen LogP contribution in [-0.4, -0.2) is 37.9 Å². The number of rotatable bonds is 6. The second-order valence-electron chi connectivity index (χ2n) is 5.08. The minimum Gasteiger partial charge on any atom is -0.468 e. The van der Waals surface area contributed by atoms with Crippen molar-refractivity contribution in [2.45, 2.75) is 57.5 Å². The maximum Gasteiger partial charge on any atom is 0.322 e. The molecule has 1 heterocycles. The molecule has 0 aromatic heterocycles. The van der Waals surface area contributed by atoms with Gasteiger partial charge < -0.3 is 9.47 Å². The molecule has 1 aliphatic rings. The van der Waals surface area contributed by atoms with E-state index in [0.29, 0.717) is 6.61 Å². The number of hydrogen-bond acceptors (Lipinski definition) is 4. The van der Waals surface area contributed by atoms with Gasteiger partial charge in [-0.25, -0.2) is 0 Å². The lowest BCUT2D eigenvalue weighted by Crippen LogP contribution is -2.55. The van der Waals surface area contributed by atoms with Gasteiger partial charge in [-0.05, 0) is 26.2 Å². The van der Waals surface area contributed by atoms with Crippen molar-refractivity contribution in [1.29, 1.82) is 0 Å². The van der Waals surface area contributed by atoms with Gasteiger partial charge in [-0.3, -0.25) is 10.1 Å². The van der Waals surface area contributed by atoms with Crippen LogP contribution in [0, 0.1) is 0 Å². The predicted octanol–water partition coefficient (Wildman–Crippen LogP) is 1.88. The molecule has 0 radical (unpaired) electrons. The molecule has 0 saturated carbocycles. The molecule has 1 saturated heterocycles. The zero-order valence-corrected chi connectivity index (χ0v) is 11.3. The van der Waals surface area contributed by atoms with Crippen molar-refractivity contribution >= 4 is 5.97 Å². The highest BCUT2D eigenvalue weighted by Crippen LogP contribution is 2.20. The Balaban J connectivity index is 2.54. The van der Waals surface area contributed by atoms with E-state index in [9.17, 15) is 4.79 Å². The van der Waals surface area contributed by atoms with Crippen molar-refractivity contribution in [3.05, 3.63) is 0 Å². The molecule has 0 amide bonds. The van der Waals surface area contributed by atoms with E-state index in [1.165, 1.54) is 7.11 Å². The number of methoxy groups -OCH3 is 1. The van der Waals surface area contributed by atoms with Crippen LogP contribution >= 0.6 is 0 Å². The van der Waals surface area contributed by atoms with Crippen LogP contribution in [0.5, 0.6) is 0 Å². The highest BCUT2D eigenvalue weighted by Gasteiger charge is 2.32. The Morgan fingerprint density at radius 2 is 2.35 bits per heavy atom. The van der Waals surface area contributed by atoms with Gasteiger partial charge in [0.1, 0.15) is 6.04 Å². The molecule has 17 heavy (non-hydrogen) atoms. The normalized spacial score (nSPS) is 26.5. The quantitative estimate of drug-likeness (QED) is 0.724. The van der Waals surface area contributed by atoms with Gasteiger partial charge >= 0.3 is 5.97 Å². The molecule has 0 aromatic carbocycles. The number of hydrogen-bond donors (Lipinski definition) is 1. The van der Waals surface area contributed by atoms with Crippen molar-refractivity contribution in [3.8, 4) is 0 Å². The second kappa shape index (κ2) is 6.97. The van der Waals surface area contributed by atoms with Gasteiger partial charge in [0.25, 0.3) is 0 Å². The highest BCUT2D eigenvalue weighted by atomic mass is 16.5. The van der Waals surface area contributed by atoms with Gasteiger partial charge in [-0.2, -0.15) is 0 Å². The van der Waals surface area contributed by atoms with Crippen LogP contribution in [0.4, 0.5) is 0 Å². The fraction of sp³-hybridized carbons (Fsp3) is 0.923. The van der Waals surface area contributed by atoms with Crippen LogP contribution in [0.15, 0.2) is 0 Å².